The molecule has 0 aromatic heterocycles. The average Bonchev–Trinajstić information content (AvgIpc) is 2.89. The lowest BCUT2D eigenvalue weighted by atomic mass is 9.75. The maximum absolute atomic E-state index is 13.2. The van der Waals surface area contributed by atoms with Crippen LogP contribution in [0.3, 0.4) is 0 Å². The van der Waals surface area contributed by atoms with E-state index in [4.69, 9.17) is 9.73 Å². The molecule has 0 atom stereocenters. The second-order valence-electron chi connectivity index (χ2n) is 8.57. The molecule has 0 saturated heterocycles. The van der Waals surface area contributed by atoms with Crippen LogP contribution in [0.5, 0.6) is 0 Å². The van der Waals surface area contributed by atoms with Gasteiger partial charge in [-0.05, 0) is 30.5 Å². The molecule has 180 valence electrons. The first-order chi connectivity index (χ1) is 17.1. The highest BCUT2D eigenvalue weighted by molar-refractivity contribution is 6.25. The summed E-state index contributed by atoms with van der Waals surface area (Å²) in [6, 6.07) is 28.1. The lowest BCUT2D eigenvalue weighted by Crippen LogP contribution is -2.38. The normalized spacial score (nSPS) is 14.7. The van der Waals surface area contributed by atoms with Gasteiger partial charge in [0.1, 0.15) is 22.7 Å². The minimum Gasteiger partial charge on any atom is -0.511 e. The van der Waals surface area contributed by atoms with Crippen molar-refractivity contribution >= 4 is 17.5 Å². The Kier molecular flexibility index (Phi) is 7.66. The van der Waals surface area contributed by atoms with Crippen LogP contribution >= 0.6 is 0 Å². The van der Waals surface area contributed by atoms with Crippen molar-refractivity contribution in [3.63, 3.8) is 0 Å². The zero-order valence-corrected chi connectivity index (χ0v) is 20.3. The molecule has 5 nitrogen and oxygen atoms in total. The Hall–Kier alpha value is -3.86. The van der Waals surface area contributed by atoms with Crippen LogP contribution in [-0.4, -0.2) is 23.5 Å². The summed E-state index contributed by atoms with van der Waals surface area (Å²) in [5, 5.41) is 14.4. The molecule has 4 rings (SSSR count). The topological polar surface area (TPSA) is 70.9 Å². The number of amidine groups is 1. The van der Waals surface area contributed by atoms with E-state index in [1.54, 1.807) is 6.92 Å². The number of carbonyl (C=O) groups is 1. The fourth-order valence-electron chi connectivity index (χ4n) is 4.60. The van der Waals surface area contributed by atoms with Crippen LogP contribution in [0, 0.1) is 0 Å². The number of allylic oxidation sites excluding steroid dienone is 1. The number of hydrogen-bond acceptors (Lipinski definition) is 5. The zero-order chi connectivity index (χ0) is 24.7. The first-order valence-electron chi connectivity index (χ1n) is 12.3. The van der Waals surface area contributed by atoms with E-state index >= 15 is 0 Å². The maximum Gasteiger partial charge on any atom is 0.345 e. The standard InChI is InChI=1S/C30H32N2O3/c1-3-5-8-21-26(33)27(29(34)35-4-2)28-31-25-20-14-13-19-24(25)30(32-28,22-15-9-6-10-16-22)23-17-11-7-12-18-23/h6-7,9-20,33H,3-5,8,21H2,1-2H3,(H,31,32)/b27-26-. The third kappa shape index (κ3) is 4.85. The van der Waals surface area contributed by atoms with Crippen molar-refractivity contribution < 1.29 is 14.6 Å². The minimum atomic E-state index is -0.916. The van der Waals surface area contributed by atoms with E-state index in [0.717, 1.165) is 41.6 Å². The van der Waals surface area contributed by atoms with E-state index in [0.29, 0.717) is 12.3 Å². The number of rotatable bonds is 9. The van der Waals surface area contributed by atoms with E-state index < -0.39 is 11.5 Å². The van der Waals surface area contributed by atoms with Gasteiger partial charge in [0, 0.05) is 17.7 Å². The van der Waals surface area contributed by atoms with Crippen molar-refractivity contribution in [3.8, 4) is 0 Å². The van der Waals surface area contributed by atoms with Gasteiger partial charge in [0.05, 0.1) is 6.61 Å². The molecule has 0 fully saturated rings. The van der Waals surface area contributed by atoms with Gasteiger partial charge >= 0.3 is 5.97 Å². The van der Waals surface area contributed by atoms with Gasteiger partial charge in [-0.3, -0.25) is 0 Å². The molecule has 0 amide bonds. The predicted octanol–water partition coefficient (Wildman–Crippen LogP) is 6.76. The van der Waals surface area contributed by atoms with Crippen molar-refractivity contribution in [1.82, 2.24) is 0 Å². The number of nitrogens with zero attached hydrogens (tertiary/aromatic N) is 1. The number of carbonyl (C=O) groups excluding carboxylic acids is 1. The summed E-state index contributed by atoms with van der Waals surface area (Å²) in [4.78, 5) is 18.4. The summed E-state index contributed by atoms with van der Waals surface area (Å²) < 4.78 is 5.37. The molecule has 2 N–H and O–H groups in total. The molecule has 3 aromatic rings. The number of aliphatic hydroxyl groups is 1. The van der Waals surface area contributed by atoms with Crippen LogP contribution in [-0.2, 0) is 15.1 Å². The van der Waals surface area contributed by atoms with E-state index in [2.05, 4.69) is 18.3 Å². The van der Waals surface area contributed by atoms with E-state index in [1.807, 2.05) is 78.9 Å². The third-order valence-electron chi connectivity index (χ3n) is 6.25. The Labute approximate surface area is 207 Å². The van der Waals surface area contributed by atoms with Gasteiger partial charge in [-0.1, -0.05) is 98.6 Å². The Morgan fingerprint density at radius 3 is 2.09 bits per heavy atom. The molecule has 3 aromatic carbocycles. The average molecular weight is 469 g/mol. The SMILES string of the molecule is CCCCC/C(O)=C(/C(=O)OCC)C1=NC(c2ccccc2)(c2ccccc2)c2ccccc2N1. The quantitative estimate of drug-likeness (QED) is 0.158. The molecule has 0 aliphatic carbocycles. The number of aliphatic hydroxyl groups excluding tert-OH is 1. The third-order valence-corrected chi connectivity index (χ3v) is 6.25. The number of aliphatic imine (C=N–C) groups is 1. The molecule has 1 aliphatic heterocycles. The number of hydrogen-bond donors (Lipinski definition) is 2. The van der Waals surface area contributed by atoms with Crippen LogP contribution in [0.25, 0.3) is 0 Å². The van der Waals surface area contributed by atoms with Crippen LogP contribution in [0.4, 0.5) is 5.69 Å². The first kappa shape index (κ1) is 24.3. The maximum atomic E-state index is 13.2. The second-order valence-corrected chi connectivity index (χ2v) is 8.57. The highest BCUT2D eigenvalue weighted by atomic mass is 16.5. The van der Waals surface area contributed by atoms with Crippen molar-refractivity contribution in [2.24, 2.45) is 4.99 Å². The van der Waals surface area contributed by atoms with Gasteiger partial charge < -0.3 is 15.2 Å². The van der Waals surface area contributed by atoms with Crippen molar-refractivity contribution in [2.45, 2.75) is 45.1 Å². The summed E-state index contributed by atoms with van der Waals surface area (Å²) in [6.07, 6.45) is 3.13. The Morgan fingerprint density at radius 2 is 1.49 bits per heavy atom. The van der Waals surface area contributed by atoms with E-state index in [9.17, 15) is 9.90 Å². The molecule has 0 bridgehead atoms. The van der Waals surface area contributed by atoms with Gasteiger partial charge in [0.2, 0.25) is 0 Å². The molecule has 0 saturated carbocycles. The number of unbranched alkanes of at least 4 members (excludes halogenated alkanes) is 2. The van der Waals surface area contributed by atoms with Crippen molar-refractivity contribution in [3.05, 3.63) is 113 Å². The first-order valence-corrected chi connectivity index (χ1v) is 12.3. The Bertz CT molecular complexity index is 1180. The summed E-state index contributed by atoms with van der Waals surface area (Å²) >= 11 is 0. The minimum absolute atomic E-state index is 0.00226. The largest absolute Gasteiger partial charge is 0.511 e. The fraction of sp³-hybridized carbons (Fsp3) is 0.267. The highest BCUT2D eigenvalue weighted by Gasteiger charge is 2.42. The summed E-state index contributed by atoms with van der Waals surface area (Å²) in [6.45, 7) is 4.06. The summed E-state index contributed by atoms with van der Waals surface area (Å²) in [7, 11) is 0. The van der Waals surface area contributed by atoms with Crippen LogP contribution in [0.15, 0.2) is 101 Å². The lowest BCUT2D eigenvalue weighted by Gasteiger charge is -2.38. The monoisotopic (exact) mass is 468 g/mol. The van der Waals surface area contributed by atoms with Crippen molar-refractivity contribution in [1.29, 1.82) is 0 Å². The summed E-state index contributed by atoms with van der Waals surface area (Å²) in [5.41, 5.74) is 2.90. The number of para-hydroxylation sites is 1. The summed E-state index contributed by atoms with van der Waals surface area (Å²) in [5.74, 6) is -0.274. The van der Waals surface area contributed by atoms with Gasteiger partial charge in [-0.2, -0.15) is 0 Å². The van der Waals surface area contributed by atoms with Crippen LogP contribution in [0.2, 0.25) is 0 Å². The van der Waals surface area contributed by atoms with Crippen molar-refractivity contribution in [2.75, 3.05) is 11.9 Å². The zero-order valence-electron chi connectivity index (χ0n) is 20.3. The second kappa shape index (κ2) is 11.0. The molecule has 1 heterocycles. The molecule has 35 heavy (non-hydrogen) atoms. The van der Waals surface area contributed by atoms with Gasteiger partial charge in [-0.15, -0.1) is 0 Å². The molecule has 0 unspecified atom stereocenters. The molecular weight excluding hydrogens is 436 g/mol. The van der Waals surface area contributed by atoms with Gasteiger partial charge in [0.15, 0.2) is 0 Å². The fourth-order valence-corrected chi connectivity index (χ4v) is 4.60. The number of nitrogens with one attached hydrogen (secondary N) is 1. The number of benzene rings is 3. The predicted molar refractivity (Wildman–Crippen MR) is 141 cm³/mol. The van der Waals surface area contributed by atoms with Gasteiger partial charge in [0.25, 0.3) is 0 Å². The van der Waals surface area contributed by atoms with Crippen LogP contribution in [0.1, 0.15) is 56.2 Å². The number of fused-ring (bicyclic) bond motifs is 1. The Balaban J connectivity index is 2.00. The van der Waals surface area contributed by atoms with E-state index in [1.165, 1.54) is 0 Å². The molecule has 1 aliphatic rings. The highest BCUT2D eigenvalue weighted by Crippen LogP contribution is 2.46. The Morgan fingerprint density at radius 1 is 0.886 bits per heavy atom. The van der Waals surface area contributed by atoms with Crippen LogP contribution < -0.4 is 5.32 Å². The number of ether oxygens (including phenoxy) is 1. The number of esters is 1. The smallest absolute Gasteiger partial charge is 0.345 e. The van der Waals surface area contributed by atoms with E-state index in [-0.39, 0.29) is 17.9 Å². The van der Waals surface area contributed by atoms with Gasteiger partial charge in [-0.25, -0.2) is 9.79 Å². The molecule has 0 spiro atoms. The molecule has 5 heteroatoms. The molecule has 0 radical (unpaired) electrons. The number of anilines is 1. The molecular formula is C30H32N2O3. The lowest BCUT2D eigenvalue weighted by molar-refractivity contribution is -0.138.